The number of aromatic carboxylic acids is 1. The van der Waals surface area contributed by atoms with Crippen LogP contribution in [-0.2, 0) is 12.6 Å². The Hall–Kier alpha value is -4.13. The number of hydrogen-bond acceptors (Lipinski definition) is 1. The lowest BCUT2D eigenvalue weighted by Gasteiger charge is -2.11. The maximum Gasteiger partial charge on any atom is 0.416 e. The van der Waals surface area contributed by atoms with E-state index in [0.29, 0.717) is 34.1 Å². The lowest BCUT2D eigenvalue weighted by atomic mass is 10.0. The minimum atomic E-state index is -4.45. The number of alkyl halides is 3. The summed E-state index contributed by atoms with van der Waals surface area (Å²) in [5.41, 5.74) is 2.57. The average Bonchev–Trinajstić information content (AvgIpc) is 3.13. The predicted molar refractivity (Wildman–Crippen MR) is 122 cm³/mol. The smallest absolute Gasteiger partial charge is 0.416 e. The zero-order chi connectivity index (χ0) is 24.0. The van der Waals surface area contributed by atoms with Crippen LogP contribution < -0.4 is 0 Å². The van der Waals surface area contributed by atoms with E-state index in [-0.39, 0.29) is 11.4 Å². The van der Waals surface area contributed by atoms with E-state index in [9.17, 15) is 27.5 Å². The molecule has 1 aromatic heterocycles. The molecule has 170 valence electrons. The van der Waals surface area contributed by atoms with Crippen molar-refractivity contribution in [1.29, 1.82) is 0 Å². The van der Waals surface area contributed by atoms with Gasteiger partial charge in [0.25, 0.3) is 0 Å². The molecule has 1 heterocycles. The second-order valence-electron chi connectivity index (χ2n) is 8.04. The zero-order valence-corrected chi connectivity index (χ0v) is 17.6. The van der Waals surface area contributed by atoms with E-state index in [2.05, 4.69) is 0 Å². The summed E-state index contributed by atoms with van der Waals surface area (Å²) in [4.78, 5) is 11.6. The second-order valence-corrected chi connectivity index (χ2v) is 8.04. The van der Waals surface area contributed by atoms with Gasteiger partial charge in [0, 0.05) is 22.9 Å². The Morgan fingerprint density at radius 2 is 1.47 bits per heavy atom. The molecule has 0 spiro atoms. The zero-order valence-electron chi connectivity index (χ0n) is 17.6. The summed E-state index contributed by atoms with van der Waals surface area (Å²) in [6.45, 7) is 0. The Balaban J connectivity index is 1.71. The maximum absolute atomic E-state index is 14.2. The number of rotatable bonds is 4. The third-order valence-electron chi connectivity index (χ3n) is 5.88. The third kappa shape index (κ3) is 3.79. The Labute approximate surface area is 191 Å². The van der Waals surface area contributed by atoms with Crippen LogP contribution in [0.4, 0.5) is 17.6 Å². The van der Waals surface area contributed by atoms with Crippen LogP contribution >= 0.6 is 0 Å². The van der Waals surface area contributed by atoms with Gasteiger partial charge in [-0.2, -0.15) is 13.2 Å². The van der Waals surface area contributed by atoms with E-state index >= 15 is 0 Å². The van der Waals surface area contributed by atoms with Gasteiger partial charge in [0.15, 0.2) is 0 Å². The summed E-state index contributed by atoms with van der Waals surface area (Å²) >= 11 is 0. The molecule has 0 saturated heterocycles. The molecule has 5 rings (SSSR count). The molecule has 0 bridgehead atoms. The van der Waals surface area contributed by atoms with Gasteiger partial charge in [-0.25, -0.2) is 9.18 Å². The first-order chi connectivity index (χ1) is 16.2. The number of carboxylic acids is 1. The van der Waals surface area contributed by atoms with Crippen LogP contribution in [0.25, 0.3) is 27.5 Å². The number of halogens is 4. The molecule has 7 heteroatoms. The SMILES string of the molecule is O=C(O)c1ccc2c(c1)c1cc(Cc3ccccc3F)ccc1n2-c1ccc(C(F)(F)F)cc1. The summed E-state index contributed by atoms with van der Waals surface area (Å²) in [6, 6.07) is 21.5. The molecule has 0 saturated carbocycles. The van der Waals surface area contributed by atoms with Crippen LogP contribution in [0.3, 0.4) is 0 Å². The normalized spacial score (nSPS) is 11.9. The lowest BCUT2D eigenvalue weighted by Crippen LogP contribution is -2.05. The number of hydrogen-bond donors (Lipinski definition) is 1. The molecule has 0 radical (unpaired) electrons. The van der Waals surface area contributed by atoms with Gasteiger partial charge in [-0.3, -0.25) is 0 Å². The Morgan fingerprint density at radius 1 is 0.824 bits per heavy atom. The van der Waals surface area contributed by atoms with Crippen LogP contribution in [0, 0.1) is 5.82 Å². The fourth-order valence-corrected chi connectivity index (χ4v) is 4.25. The van der Waals surface area contributed by atoms with Crippen LogP contribution in [0.5, 0.6) is 0 Å². The van der Waals surface area contributed by atoms with Crippen molar-refractivity contribution in [3.63, 3.8) is 0 Å². The summed E-state index contributed by atoms with van der Waals surface area (Å²) in [5, 5.41) is 10.8. The number of carboxylic acid groups (broad SMARTS) is 1. The second kappa shape index (κ2) is 8.02. The van der Waals surface area contributed by atoms with Gasteiger partial charge in [0.2, 0.25) is 0 Å². The standard InChI is InChI=1S/C27H17F4NO2/c28-23-4-2-1-3-17(23)13-16-5-11-24-21(14-16)22-15-18(26(33)34)6-12-25(22)32(24)20-9-7-19(8-10-20)27(29,30)31/h1-12,14-15H,13H2,(H,33,34). The Morgan fingerprint density at radius 3 is 2.12 bits per heavy atom. The first-order valence-electron chi connectivity index (χ1n) is 10.4. The summed E-state index contributed by atoms with van der Waals surface area (Å²) < 4.78 is 55.1. The largest absolute Gasteiger partial charge is 0.478 e. The van der Waals surface area contributed by atoms with Gasteiger partial charge in [-0.1, -0.05) is 24.3 Å². The summed E-state index contributed by atoms with van der Waals surface area (Å²) in [5.74, 6) is -1.40. The molecule has 0 aliphatic carbocycles. The molecule has 3 nitrogen and oxygen atoms in total. The lowest BCUT2D eigenvalue weighted by molar-refractivity contribution is -0.137. The van der Waals surface area contributed by atoms with Crippen molar-refractivity contribution in [3.8, 4) is 5.69 Å². The molecule has 0 atom stereocenters. The molecule has 0 unspecified atom stereocenters. The quantitative estimate of drug-likeness (QED) is 0.286. The van der Waals surface area contributed by atoms with E-state index in [1.165, 1.54) is 24.3 Å². The highest BCUT2D eigenvalue weighted by molar-refractivity contribution is 6.11. The molecule has 0 aliphatic rings. The van der Waals surface area contributed by atoms with Crippen LogP contribution in [0.15, 0.2) is 84.9 Å². The molecular weight excluding hydrogens is 446 g/mol. The van der Waals surface area contributed by atoms with Crippen molar-refractivity contribution in [2.75, 3.05) is 0 Å². The first-order valence-corrected chi connectivity index (χ1v) is 10.4. The predicted octanol–water partition coefficient (Wildman–Crippen LogP) is 7.23. The topological polar surface area (TPSA) is 42.2 Å². The minimum Gasteiger partial charge on any atom is -0.478 e. The van der Waals surface area contributed by atoms with Gasteiger partial charge < -0.3 is 9.67 Å². The van der Waals surface area contributed by atoms with Crippen molar-refractivity contribution < 1.29 is 27.5 Å². The first kappa shape index (κ1) is 21.7. The van der Waals surface area contributed by atoms with E-state index in [1.54, 1.807) is 34.9 Å². The molecule has 0 aliphatic heterocycles. The molecule has 1 N–H and O–H groups in total. The Kier molecular flexibility index (Phi) is 5.12. The van der Waals surface area contributed by atoms with Crippen molar-refractivity contribution in [2.45, 2.75) is 12.6 Å². The highest BCUT2D eigenvalue weighted by Crippen LogP contribution is 2.35. The van der Waals surface area contributed by atoms with Crippen molar-refractivity contribution in [2.24, 2.45) is 0 Å². The number of nitrogens with zero attached hydrogens (tertiary/aromatic N) is 1. The van der Waals surface area contributed by atoms with E-state index < -0.39 is 17.7 Å². The maximum atomic E-state index is 14.2. The van der Waals surface area contributed by atoms with Crippen molar-refractivity contribution in [1.82, 2.24) is 4.57 Å². The fraction of sp³-hybridized carbons (Fsp3) is 0.0741. The number of benzene rings is 4. The van der Waals surface area contributed by atoms with Gasteiger partial charge in [0.05, 0.1) is 22.2 Å². The monoisotopic (exact) mass is 463 g/mol. The highest BCUT2D eigenvalue weighted by Gasteiger charge is 2.30. The van der Waals surface area contributed by atoms with Crippen LogP contribution in [0.1, 0.15) is 27.0 Å². The summed E-state index contributed by atoms with van der Waals surface area (Å²) in [6.07, 6.45) is -4.11. The molecule has 5 aromatic rings. The van der Waals surface area contributed by atoms with Gasteiger partial charge in [-0.05, 0) is 71.8 Å². The van der Waals surface area contributed by atoms with Gasteiger partial charge >= 0.3 is 12.1 Å². The van der Waals surface area contributed by atoms with Gasteiger partial charge in [0.1, 0.15) is 5.82 Å². The van der Waals surface area contributed by atoms with E-state index in [4.69, 9.17) is 0 Å². The number of aromatic nitrogens is 1. The van der Waals surface area contributed by atoms with Crippen LogP contribution in [-0.4, -0.2) is 15.6 Å². The van der Waals surface area contributed by atoms with E-state index in [1.807, 2.05) is 18.2 Å². The summed E-state index contributed by atoms with van der Waals surface area (Å²) in [7, 11) is 0. The van der Waals surface area contributed by atoms with Crippen LogP contribution in [0.2, 0.25) is 0 Å². The van der Waals surface area contributed by atoms with Crippen molar-refractivity contribution >= 4 is 27.8 Å². The minimum absolute atomic E-state index is 0.0958. The number of fused-ring (bicyclic) bond motifs is 3. The van der Waals surface area contributed by atoms with E-state index in [0.717, 1.165) is 23.1 Å². The van der Waals surface area contributed by atoms with Gasteiger partial charge in [-0.15, -0.1) is 0 Å². The Bertz CT molecular complexity index is 1550. The fourth-order valence-electron chi connectivity index (χ4n) is 4.25. The highest BCUT2D eigenvalue weighted by atomic mass is 19.4. The molecule has 4 aromatic carbocycles. The molecule has 34 heavy (non-hydrogen) atoms. The number of carbonyl (C=O) groups is 1. The molecular formula is C27H17F4NO2. The third-order valence-corrected chi connectivity index (χ3v) is 5.88. The molecule has 0 amide bonds. The van der Waals surface area contributed by atoms with Crippen molar-refractivity contribution in [3.05, 3.63) is 113 Å². The molecule has 0 fully saturated rings. The average molecular weight is 463 g/mol.